The fourth-order valence-electron chi connectivity index (χ4n) is 2.06. The number of methoxy groups -OCH3 is 1. The van der Waals surface area contributed by atoms with Gasteiger partial charge in [0.15, 0.2) is 4.34 Å². The smallest absolute Gasteiger partial charge is 0.213 e. The van der Waals surface area contributed by atoms with Crippen molar-refractivity contribution in [3.63, 3.8) is 0 Å². The van der Waals surface area contributed by atoms with Crippen molar-refractivity contribution >= 4 is 49.6 Å². The molecule has 4 rings (SSSR count). The van der Waals surface area contributed by atoms with Gasteiger partial charge in [-0.3, -0.25) is 0 Å². The summed E-state index contributed by atoms with van der Waals surface area (Å²) in [7, 11) is 1.66. The molecule has 0 fully saturated rings. The molecule has 0 N–H and O–H groups in total. The van der Waals surface area contributed by atoms with E-state index in [4.69, 9.17) is 4.74 Å². The van der Waals surface area contributed by atoms with Crippen LogP contribution in [-0.4, -0.2) is 32.9 Å². The molecule has 8 heteroatoms. The number of nitrogens with zero attached hydrogens (tertiary/aromatic N) is 4. The standard InChI is InChI=1S/C13H10N4OS3/c1-18-8-4-3-5-9-10(8)15-11(20-9)7-6-17-12(14-7)21-13(16-17)19-2/h3-6H,1-2H3. The van der Waals surface area contributed by atoms with E-state index in [1.807, 2.05) is 35.2 Å². The summed E-state index contributed by atoms with van der Waals surface area (Å²) in [6.07, 6.45) is 3.94. The van der Waals surface area contributed by atoms with Crippen molar-refractivity contribution in [2.75, 3.05) is 13.4 Å². The van der Waals surface area contributed by atoms with E-state index in [-0.39, 0.29) is 0 Å². The normalized spacial score (nSPS) is 11.5. The molecule has 3 aromatic heterocycles. The minimum Gasteiger partial charge on any atom is -0.494 e. The molecule has 0 unspecified atom stereocenters. The van der Waals surface area contributed by atoms with Crippen molar-refractivity contribution in [2.24, 2.45) is 0 Å². The number of benzene rings is 1. The molecule has 0 saturated heterocycles. The lowest BCUT2D eigenvalue weighted by Gasteiger charge is -1.97. The summed E-state index contributed by atoms with van der Waals surface area (Å²) in [6, 6.07) is 5.94. The number of aromatic nitrogens is 4. The third-order valence-corrected chi connectivity index (χ3v) is 5.96. The maximum Gasteiger partial charge on any atom is 0.213 e. The van der Waals surface area contributed by atoms with Gasteiger partial charge in [-0.2, -0.15) is 0 Å². The summed E-state index contributed by atoms with van der Waals surface area (Å²) in [6.45, 7) is 0. The lowest BCUT2D eigenvalue weighted by Crippen LogP contribution is -1.83. The van der Waals surface area contributed by atoms with E-state index in [1.54, 1.807) is 41.5 Å². The maximum absolute atomic E-state index is 5.36. The molecule has 106 valence electrons. The second-order valence-corrected chi connectivity index (χ2v) is 7.29. The predicted molar refractivity (Wildman–Crippen MR) is 87.8 cm³/mol. The number of rotatable bonds is 3. The van der Waals surface area contributed by atoms with Crippen LogP contribution in [0.3, 0.4) is 0 Å². The highest BCUT2D eigenvalue weighted by Crippen LogP contribution is 2.35. The minimum atomic E-state index is 0.791. The number of para-hydroxylation sites is 1. The molecule has 0 aliphatic carbocycles. The summed E-state index contributed by atoms with van der Waals surface area (Å²) in [5.74, 6) is 0.791. The van der Waals surface area contributed by atoms with Gasteiger partial charge in [0, 0.05) is 0 Å². The molecule has 0 atom stereocenters. The molecule has 0 aliphatic rings. The lowest BCUT2D eigenvalue weighted by molar-refractivity contribution is 0.419. The first-order valence-corrected chi connectivity index (χ1v) is 8.98. The van der Waals surface area contributed by atoms with Crippen LogP contribution in [0.2, 0.25) is 0 Å². The number of ether oxygens (including phenoxy) is 1. The highest BCUT2D eigenvalue weighted by molar-refractivity contribution is 8.00. The monoisotopic (exact) mass is 334 g/mol. The average Bonchev–Trinajstić information content (AvgIpc) is 3.17. The van der Waals surface area contributed by atoms with E-state index in [2.05, 4.69) is 15.1 Å². The van der Waals surface area contributed by atoms with E-state index in [9.17, 15) is 0 Å². The van der Waals surface area contributed by atoms with Crippen molar-refractivity contribution in [3.05, 3.63) is 24.4 Å². The Balaban J connectivity index is 1.85. The van der Waals surface area contributed by atoms with Crippen LogP contribution >= 0.6 is 34.4 Å². The van der Waals surface area contributed by atoms with Crippen LogP contribution in [0.1, 0.15) is 0 Å². The number of imidazole rings is 1. The zero-order valence-corrected chi connectivity index (χ0v) is 13.7. The summed E-state index contributed by atoms with van der Waals surface area (Å²) < 4.78 is 9.28. The number of fused-ring (bicyclic) bond motifs is 2. The molecule has 0 bridgehead atoms. The van der Waals surface area contributed by atoms with Crippen LogP contribution in [0.25, 0.3) is 25.9 Å². The van der Waals surface area contributed by atoms with Gasteiger partial charge < -0.3 is 4.74 Å². The average molecular weight is 334 g/mol. The van der Waals surface area contributed by atoms with Crippen LogP contribution in [0.5, 0.6) is 5.75 Å². The number of hydrogen-bond donors (Lipinski definition) is 0. The highest BCUT2D eigenvalue weighted by atomic mass is 32.2. The highest BCUT2D eigenvalue weighted by Gasteiger charge is 2.14. The van der Waals surface area contributed by atoms with Crippen LogP contribution in [0, 0.1) is 0 Å². The first kappa shape index (κ1) is 13.1. The van der Waals surface area contributed by atoms with Crippen molar-refractivity contribution < 1.29 is 4.74 Å². The van der Waals surface area contributed by atoms with Gasteiger partial charge in [-0.1, -0.05) is 29.2 Å². The van der Waals surface area contributed by atoms with E-state index >= 15 is 0 Å². The second-order valence-electron chi connectivity index (χ2n) is 4.25. The second kappa shape index (κ2) is 4.97. The Morgan fingerprint density at radius 2 is 2.14 bits per heavy atom. The molecule has 0 spiro atoms. The van der Waals surface area contributed by atoms with E-state index in [1.165, 1.54) is 0 Å². The Hall–Kier alpha value is -1.64. The molecule has 0 aliphatic heterocycles. The van der Waals surface area contributed by atoms with Gasteiger partial charge in [-0.25, -0.2) is 14.5 Å². The molecule has 21 heavy (non-hydrogen) atoms. The van der Waals surface area contributed by atoms with Crippen molar-refractivity contribution in [1.82, 2.24) is 19.6 Å². The zero-order valence-electron chi connectivity index (χ0n) is 11.2. The summed E-state index contributed by atoms with van der Waals surface area (Å²) in [4.78, 5) is 10.2. The van der Waals surface area contributed by atoms with Crippen LogP contribution in [-0.2, 0) is 0 Å². The Bertz CT molecular complexity index is 908. The summed E-state index contributed by atoms with van der Waals surface area (Å²) in [5.41, 5.74) is 1.73. The van der Waals surface area contributed by atoms with Crippen molar-refractivity contribution in [2.45, 2.75) is 4.34 Å². The van der Waals surface area contributed by atoms with E-state index < -0.39 is 0 Å². The van der Waals surface area contributed by atoms with Gasteiger partial charge in [0.1, 0.15) is 22.0 Å². The molecular formula is C13H10N4OS3. The van der Waals surface area contributed by atoms with Crippen LogP contribution in [0.15, 0.2) is 28.7 Å². The lowest BCUT2D eigenvalue weighted by atomic mass is 10.3. The molecule has 5 nitrogen and oxygen atoms in total. The van der Waals surface area contributed by atoms with Gasteiger partial charge in [-0.15, -0.1) is 16.4 Å². The number of hydrogen-bond acceptors (Lipinski definition) is 7. The third-order valence-electron chi connectivity index (χ3n) is 3.02. The Morgan fingerprint density at radius 1 is 1.24 bits per heavy atom. The fraction of sp³-hybridized carbons (Fsp3) is 0.154. The largest absolute Gasteiger partial charge is 0.494 e. The summed E-state index contributed by atoms with van der Waals surface area (Å²) in [5, 5.41) is 5.34. The Morgan fingerprint density at radius 3 is 2.90 bits per heavy atom. The predicted octanol–water partition coefficient (Wildman–Crippen LogP) is 3.80. The SMILES string of the molecule is COc1cccc2sc(-c3cn4nc(SC)sc4n3)nc12. The molecular weight excluding hydrogens is 324 g/mol. The topological polar surface area (TPSA) is 52.3 Å². The molecule has 0 amide bonds. The van der Waals surface area contributed by atoms with Gasteiger partial charge in [0.05, 0.1) is 18.0 Å². The Labute approximate surface area is 132 Å². The van der Waals surface area contributed by atoms with E-state index in [0.29, 0.717) is 0 Å². The maximum atomic E-state index is 5.36. The minimum absolute atomic E-state index is 0.791. The van der Waals surface area contributed by atoms with Crippen molar-refractivity contribution in [3.8, 4) is 16.5 Å². The molecule has 1 aromatic carbocycles. The zero-order chi connectivity index (χ0) is 14.4. The van der Waals surface area contributed by atoms with E-state index in [0.717, 1.165) is 36.0 Å². The van der Waals surface area contributed by atoms with Gasteiger partial charge in [0.25, 0.3) is 0 Å². The van der Waals surface area contributed by atoms with Gasteiger partial charge in [0.2, 0.25) is 4.96 Å². The Kier molecular flexibility index (Phi) is 3.09. The van der Waals surface area contributed by atoms with Crippen molar-refractivity contribution in [1.29, 1.82) is 0 Å². The fourth-order valence-corrected chi connectivity index (χ4v) is 4.35. The van der Waals surface area contributed by atoms with Crippen LogP contribution < -0.4 is 4.74 Å². The van der Waals surface area contributed by atoms with Gasteiger partial charge >= 0.3 is 0 Å². The molecule has 4 aromatic rings. The summed E-state index contributed by atoms with van der Waals surface area (Å²) >= 11 is 4.82. The molecule has 3 heterocycles. The first-order valence-electron chi connectivity index (χ1n) is 6.12. The molecule has 0 radical (unpaired) electrons. The first-order chi connectivity index (χ1) is 10.3. The number of thioether (sulfide) groups is 1. The van der Waals surface area contributed by atoms with Gasteiger partial charge in [-0.05, 0) is 18.4 Å². The van der Waals surface area contributed by atoms with Crippen LogP contribution in [0.4, 0.5) is 0 Å². The quantitative estimate of drug-likeness (QED) is 0.533. The molecule has 0 saturated carbocycles. The third kappa shape index (κ3) is 2.10. The number of thiazole rings is 1.